The van der Waals surface area contributed by atoms with Crippen molar-refractivity contribution in [2.45, 2.75) is 26.3 Å². The highest BCUT2D eigenvalue weighted by molar-refractivity contribution is 5.01. The fourth-order valence-electron chi connectivity index (χ4n) is 2.78. The van der Waals surface area contributed by atoms with Crippen LogP contribution < -0.4 is 4.74 Å². The minimum absolute atomic E-state index is 0.519. The molecule has 0 bridgehead atoms. The van der Waals surface area contributed by atoms with Crippen LogP contribution in [-0.2, 0) is 13.6 Å². The van der Waals surface area contributed by atoms with E-state index in [-0.39, 0.29) is 0 Å². The van der Waals surface area contributed by atoms with E-state index < -0.39 is 0 Å². The fourth-order valence-corrected chi connectivity index (χ4v) is 2.78. The normalized spacial score (nSPS) is 19.3. The van der Waals surface area contributed by atoms with E-state index in [0.717, 1.165) is 31.3 Å². The van der Waals surface area contributed by atoms with E-state index in [1.165, 1.54) is 12.8 Å². The number of nitrogens with zero attached hydrogens (tertiary/aromatic N) is 6. The second-order valence-corrected chi connectivity index (χ2v) is 5.82. The predicted molar refractivity (Wildman–Crippen MR) is 81.3 cm³/mol. The van der Waals surface area contributed by atoms with Gasteiger partial charge in [-0.15, -0.1) is 10.2 Å². The van der Waals surface area contributed by atoms with Crippen LogP contribution in [0.1, 0.15) is 24.5 Å². The number of aromatic nitrogens is 5. The van der Waals surface area contributed by atoms with Gasteiger partial charge in [-0.25, -0.2) is 4.98 Å². The number of aryl methyl sites for hydroxylation is 1. The number of likely N-dealkylation sites (tertiary alicyclic amines) is 1. The average Bonchev–Trinajstić information content (AvgIpc) is 2.86. The van der Waals surface area contributed by atoms with Crippen LogP contribution in [-0.4, -0.2) is 49.3 Å². The number of rotatable bonds is 5. The third-order valence-corrected chi connectivity index (χ3v) is 4.16. The molecular weight excluding hydrogens is 280 g/mol. The standard InChI is InChI=1S/C15H22N6O/c1-12-18-19-14(20(12)2)10-21-7-3-4-13(9-21)11-22-15-8-16-5-6-17-15/h5-6,8,13H,3-4,7,9-11H2,1-2H3. The molecule has 0 radical (unpaired) electrons. The maximum atomic E-state index is 5.74. The Hall–Kier alpha value is -2.02. The summed E-state index contributed by atoms with van der Waals surface area (Å²) in [6, 6.07) is 0. The van der Waals surface area contributed by atoms with Crippen molar-refractivity contribution in [1.82, 2.24) is 29.6 Å². The van der Waals surface area contributed by atoms with Crippen LogP contribution in [0.2, 0.25) is 0 Å². The van der Waals surface area contributed by atoms with Gasteiger partial charge in [0.05, 0.1) is 19.3 Å². The molecule has 2 aromatic heterocycles. The number of hydrogen-bond donors (Lipinski definition) is 0. The Balaban J connectivity index is 1.52. The van der Waals surface area contributed by atoms with Crippen molar-refractivity contribution in [3.05, 3.63) is 30.2 Å². The van der Waals surface area contributed by atoms with Gasteiger partial charge in [-0.05, 0) is 26.3 Å². The van der Waals surface area contributed by atoms with E-state index in [4.69, 9.17) is 4.74 Å². The molecule has 7 heteroatoms. The summed E-state index contributed by atoms with van der Waals surface area (Å²) in [5.41, 5.74) is 0. The van der Waals surface area contributed by atoms with Crippen LogP contribution in [0, 0.1) is 12.8 Å². The lowest BCUT2D eigenvalue weighted by atomic mass is 9.99. The zero-order valence-electron chi connectivity index (χ0n) is 13.1. The zero-order valence-corrected chi connectivity index (χ0v) is 13.1. The molecule has 2 aromatic rings. The summed E-state index contributed by atoms with van der Waals surface area (Å²) >= 11 is 0. The van der Waals surface area contributed by atoms with E-state index in [9.17, 15) is 0 Å². The van der Waals surface area contributed by atoms with Crippen LogP contribution in [0.4, 0.5) is 0 Å². The maximum absolute atomic E-state index is 5.74. The van der Waals surface area contributed by atoms with Crippen molar-refractivity contribution < 1.29 is 4.74 Å². The van der Waals surface area contributed by atoms with Crippen LogP contribution >= 0.6 is 0 Å². The SMILES string of the molecule is Cc1nnc(CN2CCCC(COc3cnccn3)C2)n1C. The van der Waals surface area contributed by atoms with Gasteiger partial charge < -0.3 is 9.30 Å². The average molecular weight is 302 g/mol. The van der Waals surface area contributed by atoms with Crippen LogP contribution in [0.15, 0.2) is 18.6 Å². The van der Waals surface area contributed by atoms with E-state index in [2.05, 4.69) is 29.6 Å². The third kappa shape index (κ3) is 3.59. The first-order valence-corrected chi connectivity index (χ1v) is 7.68. The minimum atomic E-state index is 0.519. The molecule has 1 aliphatic rings. The minimum Gasteiger partial charge on any atom is -0.476 e. The van der Waals surface area contributed by atoms with Crippen molar-refractivity contribution in [2.24, 2.45) is 13.0 Å². The van der Waals surface area contributed by atoms with Crippen LogP contribution in [0.5, 0.6) is 5.88 Å². The molecule has 22 heavy (non-hydrogen) atoms. The first-order valence-electron chi connectivity index (χ1n) is 7.68. The highest BCUT2D eigenvalue weighted by Crippen LogP contribution is 2.19. The lowest BCUT2D eigenvalue weighted by Gasteiger charge is -2.32. The highest BCUT2D eigenvalue weighted by Gasteiger charge is 2.22. The number of ether oxygens (including phenoxy) is 1. The molecular formula is C15H22N6O. The Morgan fingerprint density at radius 1 is 1.32 bits per heavy atom. The van der Waals surface area contributed by atoms with Gasteiger partial charge in [0.15, 0.2) is 0 Å². The Kier molecular flexibility index (Phi) is 4.62. The second kappa shape index (κ2) is 6.83. The van der Waals surface area contributed by atoms with Gasteiger partial charge in [0, 0.05) is 31.9 Å². The molecule has 0 N–H and O–H groups in total. The highest BCUT2D eigenvalue weighted by atomic mass is 16.5. The maximum Gasteiger partial charge on any atom is 0.232 e. The van der Waals surface area contributed by atoms with Gasteiger partial charge in [-0.1, -0.05) is 0 Å². The Bertz CT molecular complexity index is 599. The van der Waals surface area contributed by atoms with Gasteiger partial charge >= 0.3 is 0 Å². The Labute approximate surface area is 130 Å². The number of hydrogen-bond acceptors (Lipinski definition) is 6. The summed E-state index contributed by atoms with van der Waals surface area (Å²) in [5.74, 6) is 3.09. The molecule has 0 saturated carbocycles. The van der Waals surface area contributed by atoms with E-state index in [1.807, 2.05) is 14.0 Å². The molecule has 1 saturated heterocycles. The summed E-state index contributed by atoms with van der Waals surface area (Å²) in [4.78, 5) is 10.6. The molecule has 1 aliphatic heterocycles. The molecule has 0 spiro atoms. The third-order valence-electron chi connectivity index (χ3n) is 4.16. The topological polar surface area (TPSA) is 69.0 Å². The molecule has 1 fully saturated rings. The predicted octanol–water partition coefficient (Wildman–Crippen LogP) is 1.20. The molecule has 118 valence electrons. The monoisotopic (exact) mass is 302 g/mol. The molecule has 3 rings (SSSR count). The van der Waals surface area contributed by atoms with Crippen molar-refractivity contribution in [2.75, 3.05) is 19.7 Å². The molecule has 1 unspecified atom stereocenters. The Morgan fingerprint density at radius 2 is 2.23 bits per heavy atom. The molecule has 0 aromatic carbocycles. The second-order valence-electron chi connectivity index (χ2n) is 5.82. The fraction of sp³-hybridized carbons (Fsp3) is 0.600. The van der Waals surface area contributed by atoms with E-state index in [0.29, 0.717) is 18.4 Å². The van der Waals surface area contributed by atoms with E-state index in [1.54, 1.807) is 18.6 Å². The largest absolute Gasteiger partial charge is 0.476 e. The van der Waals surface area contributed by atoms with Crippen LogP contribution in [0.3, 0.4) is 0 Å². The first kappa shape index (κ1) is 14.9. The lowest BCUT2D eigenvalue weighted by molar-refractivity contribution is 0.120. The summed E-state index contributed by atoms with van der Waals surface area (Å²) in [7, 11) is 2.02. The van der Waals surface area contributed by atoms with Crippen molar-refractivity contribution in [1.29, 1.82) is 0 Å². The quantitative estimate of drug-likeness (QED) is 0.827. The van der Waals surface area contributed by atoms with Crippen molar-refractivity contribution in [3.63, 3.8) is 0 Å². The van der Waals surface area contributed by atoms with Gasteiger partial charge in [-0.2, -0.15) is 0 Å². The molecule has 0 aliphatic carbocycles. The zero-order chi connectivity index (χ0) is 15.4. The smallest absolute Gasteiger partial charge is 0.232 e. The molecule has 7 nitrogen and oxygen atoms in total. The summed E-state index contributed by atoms with van der Waals surface area (Å²) < 4.78 is 7.79. The summed E-state index contributed by atoms with van der Waals surface area (Å²) in [6.07, 6.45) is 7.33. The summed E-state index contributed by atoms with van der Waals surface area (Å²) in [5, 5.41) is 8.37. The Morgan fingerprint density at radius 3 is 2.95 bits per heavy atom. The van der Waals surface area contributed by atoms with Crippen molar-refractivity contribution >= 4 is 0 Å². The van der Waals surface area contributed by atoms with Crippen LogP contribution in [0.25, 0.3) is 0 Å². The van der Waals surface area contributed by atoms with E-state index >= 15 is 0 Å². The lowest BCUT2D eigenvalue weighted by Crippen LogP contribution is -2.37. The first-order chi connectivity index (χ1) is 10.7. The van der Waals surface area contributed by atoms with Crippen molar-refractivity contribution in [3.8, 4) is 5.88 Å². The molecule has 3 heterocycles. The van der Waals surface area contributed by atoms with Gasteiger partial charge in [0.1, 0.15) is 11.6 Å². The van der Waals surface area contributed by atoms with Gasteiger partial charge in [-0.3, -0.25) is 9.88 Å². The van der Waals surface area contributed by atoms with Gasteiger partial charge in [0.25, 0.3) is 0 Å². The van der Waals surface area contributed by atoms with Gasteiger partial charge in [0.2, 0.25) is 5.88 Å². The summed E-state index contributed by atoms with van der Waals surface area (Å²) in [6.45, 7) is 5.63. The molecule has 0 amide bonds. The number of piperidine rings is 1. The molecule has 1 atom stereocenters.